The number of ether oxygens (including phenoxy) is 10. The fourth-order valence-electron chi connectivity index (χ4n) is 8.57. The van der Waals surface area contributed by atoms with Gasteiger partial charge in [-0.3, -0.25) is 0 Å². The third-order valence-corrected chi connectivity index (χ3v) is 12.5. The van der Waals surface area contributed by atoms with Gasteiger partial charge in [-0.1, -0.05) is 140 Å². The van der Waals surface area contributed by atoms with Gasteiger partial charge >= 0.3 is 35.8 Å². The summed E-state index contributed by atoms with van der Waals surface area (Å²) in [5, 5.41) is 12.3. The van der Waals surface area contributed by atoms with Gasteiger partial charge in [0.15, 0.2) is 37.0 Å². The molecule has 17 nitrogen and oxygen atoms in total. The average Bonchev–Trinajstić information content (AvgIpc) is 3.56. The molecule has 2 aliphatic rings. The molecule has 7 aromatic rings. The standard InChI is InChI=1S/C61H52O17/c62-48-46(37-69-54(63)40-24-10-2-11-25-40)72-61(52(76-58(67)44-32-18-6-19-33-44)50(48)74-56(65)42-28-14-4-15-29-42)78-49-47(38-70-55(64)41-26-12-3-13-27-41)73-60(71-36-39-22-8-1-9-23-39)53(77-59(68)45-34-20-7-21-35-45)51(49)75-57(66)43-30-16-5-17-31-43/h1-35,46-53,60-62H,36-38H2/t46-,47-,48-,49-,50+,51+,52+,53+,60-,61+/m1/s1. The van der Waals surface area contributed by atoms with Crippen LogP contribution in [0.1, 0.15) is 67.7 Å². The highest BCUT2D eigenvalue weighted by molar-refractivity contribution is 5.92. The lowest BCUT2D eigenvalue weighted by Crippen LogP contribution is -2.67. The Labute approximate surface area is 448 Å². The van der Waals surface area contributed by atoms with Gasteiger partial charge < -0.3 is 52.5 Å². The number of aliphatic hydroxyl groups excluding tert-OH is 1. The molecule has 2 saturated heterocycles. The first kappa shape index (κ1) is 54.0. The fraction of sp³-hybridized carbons (Fsp3) is 0.213. The molecule has 0 aromatic heterocycles. The molecule has 0 unspecified atom stereocenters. The first-order valence-corrected chi connectivity index (χ1v) is 24.9. The summed E-state index contributed by atoms with van der Waals surface area (Å²) in [5.41, 5.74) is 1.23. The molecule has 10 atom stereocenters. The van der Waals surface area contributed by atoms with E-state index in [4.69, 9.17) is 47.4 Å². The van der Waals surface area contributed by atoms with E-state index in [1.54, 1.807) is 133 Å². The van der Waals surface area contributed by atoms with Gasteiger partial charge in [0.05, 0.1) is 40.0 Å². The summed E-state index contributed by atoms with van der Waals surface area (Å²) in [6, 6.07) is 56.3. The van der Waals surface area contributed by atoms with Gasteiger partial charge in [0, 0.05) is 0 Å². The maximum atomic E-state index is 14.5. The number of carbonyl (C=O) groups is 6. The van der Waals surface area contributed by atoms with Gasteiger partial charge in [-0.25, -0.2) is 28.8 Å². The summed E-state index contributed by atoms with van der Waals surface area (Å²) < 4.78 is 62.9. The van der Waals surface area contributed by atoms with Crippen LogP contribution in [0.4, 0.5) is 0 Å². The van der Waals surface area contributed by atoms with Crippen molar-refractivity contribution in [2.24, 2.45) is 0 Å². The highest BCUT2D eigenvalue weighted by atomic mass is 16.8. The van der Waals surface area contributed by atoms with Gasteiger partial charge in [0.2, 0.25) is 0 Å². The van der Waals surface area contributed by atoms with E-state index >= 15 is 0 Å². The molecule has 2 aliphatic heterocycles. The summed E-state index contributed by atoms with van der Waals surface area (Å²) in [6.45, 7) is -1.48. The smallest absolute Gasteiger partial charge is 0.338 e. The van der Waals surface area contributed by atoms with Gasteiger partial charge in [-0.2, -0.15) is 0 Å². The summed E-state index contributed by atoms with van der Waals surface area (Å²) in [7, 11) is 0. The maximum Gasteiger partial charge on any atom is 0.338 e. The second-order valence-corrected chi connectivity index (χ2v) is 17.8. The van der Waals surface area contributed by atoms with E-state index in [1.165, 1.54) is 72.8 Å². The van der Waals surface area contributed by atoms with E-state index in [9.17, 15) is 33.9 Å². The van der Waals surface area contributed by atoms with Crippen LogP contribution in [0.25, 0.3) is 0 Å². The number of hydrogen-bond donors (Lipinski definition) is 1. The lowest BCUT2D eigenvalue weighted by Gasteiger charge is -2.48. The van der Waals surface area contributed by atoms with Crippen molar-refractivity contribution in [2.45, 2.75) is 68.0 Å². The number of carbonyl (C=O) groups excluding carboxylic acids is 6. The monoisotopic (exact) mass is 1060 g/mol. The third kappa shape index (κ3) is 13.8. The molecule has 2 heterocycles. The fourth-order valence-corrected chi connectivity index (χ4v) is 8.57. The molecule has 1 N–H and O–H groups in total. The highest BCUT2D eigenvalue weighted by Gasteiger charge is 2.57. The molecule has 0 amide bonds. The highest BCUT2D eigenvalue weighted by Crippen LogP contribution is 2.36. The van der Waals surface area contributed by atoms with Gasteiger partial charge in [-0.05, 0) is 78.4 Å². The van der Waals surface area contributed by atoms with E-state index in [-0.39, 0.29) is 40.0 Å². The number of esters is 6. The zero-order valence-corrected chi connectivity index (χ0v) is 41.6. The molecule has 0 radical (unpaired) electrons. The Morgan fingerprint density at radius 2 is 0.654 bits per heavy atom. The molecule has 0 bridgehead atoms. The SMILES string of the molecule is O=C(OC[C@H]1O[C@@H](O[C@H]2[C@H](OC(=O)c3ccccc3)[C@H](OC(=O)c3ccccc3)[C@H](OCc3ccccc3)O[C@@H]2COC(=O)c2ccccc2)[C@@H](OC(=O)c2ccccc2)[C@@H](OC(=O)c2ccccc2)[C@@H]1O)c1ccccc1. The predicted molar refractivity (Wildman–Crippen MR) is 275 cm³/mol. The van der Waals surface area contributed by atoms with E-state index in [2.05, 4.69) is 0 Å². The zero-order valence-electron chi connectivity index (χ0n) is 41.6. The molecule has 78 heavy (non-hydrogen) atoms. The Morgan fingerprint density at radius 1 is 0.346 bits per heavy atom. The van der Waals surface area contributed by atoms with Crippen LogP contribution in [0.2, 0.25) is 0 Å². The quantitative estimate of drug-likeness (QED) is 0.0599. The third-order valence-electron chi connectivity index (χ3n) is 12.5. The molecule has 0 spiro atoms. The summed E-state index contributed by atoms with van der Waals surface area (Å²) in [4.78, 5) is 84.3. The van der Waals surface area contributed by atoms with Gasteiger partial charge in [0.25, 0.3) is 0 Å². The summed E-state index contributed by atoms with van der Waals surface area (Å²) in [6.07, 6.45) is -17.7. The first-order valence-electron chi connectivity index (χ1n) is 24.9. The van der Waals surface area contributed by atoms with Crippen LogP contribution in [0.3, 0.4) is 0 Å². The second kappa shape index (κ2) is 26.3. The van der Waals surface area contributed by atoms with Gasteiger partial charge in [-0.15, -0.1) is 0 Å². The van der Waals surface area contributed by atoms with Crippen LogP contribution in [0.15, 0.2) is 212 Å². The molecule has 9 rings (SSSR count). The van der Waals surface area contributed by atoms with Crippen LogP contribution in [0.5, 0.6) is 0 Å². The van der Waals surface area contributed by atoms with Crippen LogP contribution in [-0.2, 0) is 54.0 Å². The Bertz CT molecular complexity index is 3080. The number of benzene rings is 7. The largest absolute Gasteiger partial charge is 0.459 e. The Hall–Kier alpha value is -8.84. The number of rotatable bonds is 19. The summed E-state index contributed by atoms with van der Waals surface area (Å²) >= 11 is 0. The van der Waals surface area contributed by atoms with E-state index in [0.29, 0.717) is 5.56 Å². The molecule has 2 fully saturated rings. The lowest BCUT2D eigenvalue weighted by molar-refractivity contribution is -0.357. The summed E-state index contributed by atoms with van der Waals surface area (Å²) in [5.74, 6) is -5.39. The predicted octanol–water partition coefficient (Wildman–Crippen LogP) is 8.02. The topological polar surface area (TPSA) is 215 Å². The van der Waals surface area contributed by atoms with E-state index in [0.717, 1.165) is 0 Å². The maximum absolute atomic E-state index is 14.5. The molecule has 398 valence electrons. The van der Waals surface area contributed by atoms with Crippen molar-refractivity contribution < 1.29 is 81.2 Å². The van der Waals surface area contributed by atoms with Crippen molar-refractivity contribution in [3.8, 4) is 0 Å². The molecule has 0 aliphatic carbocycles. The minimum atomic E-state index is -1.99. The van der Waals surface area contributed by atoms with Crippen molar-refractivity contribution >= 4 is 35.8 Å². The van der Waals surface area contributed by atoms with Crippen molar-refractivity contribution in [2.75, 3.05) is 13.2 Å². The minimum Gasteiger partial charge on any atom is -0.459 e. The Balaban J connectivity index is 1.17. The molecular formula is C61H52O17. The second-order valence-electron chi connectivity index (χ2n) is 17.8. The number of aliphatic hydroxyl groups is 1. The van der Waals surface area contributed by atoms with Crippen molar-refractivity contribution in [3.05, 3.63) is 251 Å². The van der Waals surface area contributed by atoms with Crippen LogP contribution in [0, 0.1) is 0 Å². The van der Waals surface area contributed by atoms with Crippen molar-refractivity contribution in [1.82, 2.24) is 0 Å². The molecular weight excluding hydrogens is 1000 g/mol. The Morgan fingerprint density at radius 3 is 1.05 bits per heavy atom. The van der Waals surface area contributed by atoms with E-state index in [1.807, 2.05) is 6.07 Å². The molecule has 7 aromatic carbocycles. The van der Waals surface area contributed by atoms with Crippen molar-refractivity contribution in [3.63, 3.8) is 0 Å². The van der Waals surface area contributed by atoms with Gasteiger partial charge in [0.1, 0.15) is 37.6 Å². The van der Waals surface area contributed by atoms with Crippen LogP contribution in [-0.4, -0.2) is 116 Å². The van der Waals surface area contributed by atoms with E-state index < -0.39 is 110 Å². The lowest BCUT2D eigenvalue weighted by atomic mass is 9.95. The molecule has 0 saturated carbocycles. The zero-order chi connectivity index (χ0) is 54.2. The van der Waals surface area contributed by atoms with Crippen LogP contribution >= 0.6 is 0 Å². The van der Waals surface area contributed by atoms with Crippen LogP contribution < -0.4 is 0 Å². The average molecular weight is 1060 g/mol. The minimum absolute atomic E-state index is 0.0328. The number of hydrogen-bond acceptors (Lipinski definition) is 17. The molecule has 17 heteroatoms. The normalized spacial score (nSPS) is 22.6. The van der Waals surface area contributed by atoms with Crippen molar-refractivity contribution in [1.29, 1.82) is 0 Å². The Kier molecular flexibility index (Phi) is 18.2. The first-order chi connectivity index (χ1) is 38.1.